The maximum atomic E-state index is 13.7. The fraction of sp³-hybridized carbons (Fsp3) is 0.562. The maximum absolute atomic E-state index is 13.7. The van der Waals surface area contributed by atoms with Gasteiger partial charge in [-0.1, -0.05) is 12.8 Å². The van der Waals surface area contributed by atoms with Crippen LogP contribution >= 0.6 is 0 Å². The van der Waals surface area contributed by atoms with Gasteiger partial charge in [0.25, 0.3) is 0 Å². The lowest BCUT2D eigenvalue weighted by Gasteiger charge is -2.37. The van der Waals surface area contributed by atoms with E-state index < -0.39 is 23.6 Å². The van der Waals surface area contributed by atoms with E-state index >= 15 is 0 Å². The van der Waals surface area contributed by atoms with Gasteiger partial charge in [-0.15, -0.1) is 0 Å². The van der Waals surface area contributed by atoms with E-state index in [1.54, 1.807) is 0 Å². The Kier molecular flexibility index (Phi) is 4.48. The Hall–Kier alpha value is -1.76. The summed E-state index contributed by atoms with van der Waals surface area (Å²) < 4.78 is 42.1. The minimum Gasteiger partial charge on any atom is -0.432 e. The number of halogens is 3. The number of ether oxygens (including phenoxy) is 1. The van der Waals surface area contributed by atoms with Gasteiger partial charge in [-0.2, -0.15) is 8.78 Å². The summed E-state index contributed by atoms with van der Waals surface area (Å²) in [6, 6.07) is 3.47. The molecule has 0 bridgehead atoms. The highest BCUT2D eigenvalue weighted by Crippen LogP contribution is 2.44. The largest absolute Gasteiger partial charge is 0.432 e. The van der Waals surface area contributed by atoms with E-state index in [-0.39, 0.29) is 11.6 Å². The first-order chi connectivity index (χ1) is 11.0. The van der Waals surface area contributed by atoms with E-state index in [0.717, 1.165) is 44.4 Å². The molecule has 0 unspecified atom stereocenters. The Morgan fingerprint density at radius 3 is 2.96 bits per heavy atom. The summed E-state index contributed by atoms with van der Waals surface area (Å²) in [5, 5.41) is 6.01. The fourth-order valence-corrected chi connectivity index (χ4v) is 3.72. The first-order valence-corrected chi connectivity index (χ1v) is 7.78. The molecule has 1 aromatic carbocycles. The summed E-state index contributed by atoms with van der Waals surface area (Å²) in [5.74, 6) is -1.30. The third kappa shape index (κ3) is 3.15. The average Bonchev–Trinajstić information content (AvgIpc) is 2.95. The molecule has 2 aliphatic rings. The molecule has 3 rings (SSSR count). The van der Waals surface area contributed by atoms with Crippen molar-refractivity contribution in [3.05, 3.63) is 24.0 Å². The fourth-order valence-electron chi connectivity index (χ4n) is 3.72. The highest BCUT2D eigenvalue weighted by molar-refractivity contribution is 5.96. The summed E-state index contributed by atoms with van der Waals surface area (Å²) in [7, 11) is 0. The molecule has 1 saturated heterocycles. The highest BCUT2D eigenvalue weighted by atomic mass is 19.3. The quantitative estimate of drug-likeness (QED) is 0.893. The predicted octanol–water partition coefficient (Wildman–Crippen LogP) is 3.15. The molecule has 2 fully saturated rings. The van der Waals surface area contributed by atoms with Crippen molar-refractivity contribution in [2.45, 2.75) is 32.3 Å². The monoisotopic (exact) mass is 328 g/mol. The van der Waals surface area contributed by atoms with Crippen LogP contribution in [0.15, 0.2) is 18.2 Å². The van der Waals surface area contributed by atoms with E-state index in [9.17, 15) is 18.0 Å². The van der Waals surface area contributed by atoms with Crippen LogP contribution in [0.1, 0.15) is 25.7 Å². The van der Waals surface area contributed by atoms with Crippen LogP contribution in [0.3, 0.4) is 0 Å². The zero-order chi connectivity index (χ0) is 16.4. The van der Waals surface area contributed by atoms with Crippen molar-refractivity contribution >= 4 is 11.6 Å². The van der Waals surface area contributed by atoms with Crippen LogP contribution in [0.4, 0.5) is 18.9 Å². The number of rotatable bonds is 4. The average molecular weight is 328 g/mol. The zero-order valence-electron chi connectivity index (χ0n) is 12.6. The molecule has 1 aliphatic heterocycles. The number of benzene rings is 1. The Morgan fingerprint density at radius 1 is 1.39 bits per heavy atom. The summed E-state index contributed by atoms with van der Waals surface area (Å²) in [6.07, 6.45) is 3.94. The molecule has 1 heterocycles. The normalized spacial score (nSPS) is 26.9. The van der Waals surface area contributed by atoms with Crippen LogP contribution in [0.25, 0.3) is 0 Å². The van der Waals surface area contributed by atoms with Crippen LogP contribution in [0, 0.1) is 17.2 Å². The van der Waals surface area contributed by atoms with Gasteiger partial charge in [0.15, 0.2) is 11.6 Å². The minimum absolute atomic E-state index is 0.130. The second-order valence-corrected chi connectivity index (χ2v) is 6.21. The number of anilines is 1. The standard InChI is InChI=1S/C16H19F3N2O2/c17-12-7-11(4-5-13(12)23-15(18)19)21-14(22)16-6-2-1-3-10(16)8-20-9-16/h4-5,7,10,15,20H,1-3,6,8-9H2,(H,21,22)/t10-,16+/m0/s1. The highest BCUT2D eigenvalue weighted by Gasteiger charge is 2.49. The SMILES string of the molecule is O=C(Nc1ccc(OC(F)F)c(F)c1)[C@@]12CCCC[C@H]1CNC2. The molecular weight excluding hydrogens is 309 g/mol. The van der Waals surface area contributed by atoms with Gasteiger partial charge in [-0.3, -0.25) is 4.79 Å². The Balaban J connectivity index is 1.74. The van der Waals surface area contributed by atoms with Gasteiger partial charge in [-0.25, -0.2) is 4.39 Å². The topological polar surface area (TPSA) is 50.4 Å². The number of hydrogen-bond acceptors (Lipinski definition) is 3. The van der Waals surface area contributed by atoms with Crippen molar-refractivity contribution in [2.75, 3.05) is 18.4 Å². The van der Waals surface area contributed by atoms with Crippen LogP contribution in [0.2, 0.25) is 0 Å². The van der Waals surface area contributed by atoms with E-state index in [0.29, 0.717) is 12.5 Å². The molecule has 0 spiro atoms. The van der Waals surface area contributed by atoms with Gasteiger partial charge in [0.05, 0.1) is 5.41 Å². The molecule has 7 heteroatoms. The molecule has 2 N–H and O–H groups in total. The van der Waals surface area contributed by atoms with Gasteiger partial charge in [-0.05, 0) is 37.4 Å². The van der Waals surface area contributed by atoms with Gasteiger partial charge >= 0.3 is 6.61 Å². The number of hydrogen-bond donors (Lipinski definition) is 2. The van der Waals surface area contributed by atoms with Crippen LogP contribution in [-0.2, 0) is 4.79 Å². The Bertz CT molecular complexity index is 597. The zero-order valence-corrected chi connectivity index (χ0v) is 12.6. The second kappa shape index (κ2) is 6.39. The smallest absolute Gasteiger partial charge is 0.387 e. The van der Waals surface area contributed by atoms with Crippen molar-refractivity contribution in [3.8, 4) is 5.75 Å². The third-order valence-electron chi connectivity index (χ3n) is 4.90. The predicted molar refractivity (Wildman–Crippen MR) is 78.9 cm³/mol. The molecule has 4 nitrogen and oxygen atoms in total. The molecule has 1 amide bonds. The number of amides is 1. The first kappa shape index (κ1) is 16.1. The number of fused-ring (bicyclic) bond motifs is 1. The van der Waals surface area contributed by atoms with E-state index in [1.165, 1.54) is 6.07 Å². The molecule has 126 valence electrons. The lowest BCUT2D eigenvalue weighted by molar-refractivity contribution is -0.128. The van der Waals surface area contributed by atoms with Crippen molar-refractivity contribution in [1.29, 1.82) is 0 Å². The minimum atomic E-state index is -3.09. The molecule has 2 atom stereocenters. The molecular formula is C16H19F3N2O2. The number of alkyl halides is 2. The van der Waals surface area contributed by atoms with Crippen molar-refractivity contribution in [3.63, 3.8) is 0 Å². The van der Waals surface area contributed by atoms with Crippen LogP contribution in [-0.4, -0.2) is 25.6 Å². The first-order valence-electron chi connectivity index (χ1n) is 7.78. The maximum Gasteiger partial charge on any atom is 0.387 e. The molecule has 0 aromatic heterocycles. The lowest BCUT2D eigenvalue weighted by atomic mass is 9.67. The third-order valence-corrected chi connectivity index (χ3v) is 4.90. The van der Waals surface area contributed by atoms with Gasteiger partial charge in [0.1, 0.15) is 0 Å². The van der Waals surface area contributed by atoms with Crippen molar-refractivity contribution in [1.82, 2.24) is 5.32 Å². The van der Waals surface area contributed by atoms with Crippen LogP contribution < -0.4 is 15.4 Å². The van der Waals surface area contributed by atoms with Gasteiger partial charge in [0.2, 0.25) is 5.91 Å². The second-order valence-electron chi connectivity index (χ2n) is 6.21. The summed E-state index contributed by atoms with van der Waals surface area (Å²) in [6.45, 7) is -1.64. The van der Waals surface area contributed by atoms with Crippen molar-refractivity contribution < 1.29 is 22.7 Å². The summed E-state index contributed by atoms with van der Waals surface area (Å²) >= 11 is 0. The number of nitrogens with one attached hydrogen (secondary N) is 2. The lowest BCUT2D eigenvalue weighted by Crippen LogP contribution is -2.44. The van der Waals surface area contributed by atoms with E-state index in [2.05, 4.69) is 15.4 Å². The number of carbonyl (C=O) groups excluding carboxylic acids is 1. The van der Waals surface area contributed by atoms with Gasteiger partial charge in [0, 0.05) is 18.3 Å². The van der Waals surface area contributed by atoms with E-state index in [1.807, 2.05) is 0 Å². The van der Waals surface area contributed by atoms with Crippen LogP contribution in [0.5, 0.6) is 5.75 Å². The van der Waals surface area contributed by atoms with E-state index in [4.69, 9.17) is 0 Å². The molecule has 0 radical (unpaired) electrons. The van der Waals surface area contributed by atoms with Crippen molar-refractivity contribution in [2.24, 2.45) is 11.3 Å². The Morgan fingerprint density at radius 2 is 2.22 bits per heavy atom. The molecule has 1 saturated carbocycles. The molecule has 23 heavy (non-hydrogen) atoms. The summed E-state index contributed by atoms with van der Waals surface area (Å²) in [5.41, 5.74) is -0.202. The molecule has 1 aromatic rings. The summed E-state index contributed by atoms with van der Waals surface area (Å²) in [4.78, 5) is 12.7. The molecule has 1 aliphatic carbocycles. The number of carbonyl (C=O) groups is 1. The Labute approximate surface area is 132 Å². The van der Waals surface area contributed by atoms with Gasteiger partial charge < -0.3 is 15.4 Å².